The Morgan fingerprint density at radius 3 is 2.17 bits per heavy atom. The maximum Gasteiger partial charge on any atom is 0.323 e. The van der Waals surface area contributed by atoms with Gasteiger partial charge in [-0.3, -0.25) is 19.2 Å². The van der Waals surface area contributed by atoms with E-state index in [1.807, 2.05) is 0 Å². The monoisotopic (exact) mass is 327 g/mol. The fourth-order valence-corrected chi connectivity index (χ4v) is 3.94. The molecule has 0 aromatic rings. The number of carboxylic acid groups (broad SMARTS) is 1. The van der Waals surface area contributed by atoms with Gasteiger partial charge in [0.2, 0.25) is 5.91 Å². The van der Waals surface area contributed by atoms with Crippen molar-refractivity contribution in [2.45, 2.75) is 32.7 Å². The van der Waals surface area contributed by atoms with Gasteiger partial charge in [-0.25, -0.2) is 0 Å². The number of fused-ring (bicyclic) bond motifs is 1. The highest BCUT2D eigenvalue weighted by Gasteiger charge is 2.69. The molecule has 1 aliphatic carbocycles. The molecule has 0 aromatic carbocycles. The van der Waals surface area contributed by atoms with Crippen molar-refractivity contribution >= 4 is 23.8 Å². The molecule has 23 heavy (non-hydrogen) atoms. The third-order valence-electron chi connectivity index (χ3n) is 5.35. The molecule has 2 aliphatic rings. The maximum absolute atomic E-state index is 12.4. The van der Waals surface area contributed by atoms with Crippen molar-refractivity contribution in [2.24, 2.45) is 22.7 Å². The van der Waals surface area contributed by atoms with Gasteiger partial charge >= 0.3 is 17.9 Å². The minimum absolute atomic E-state index is 0.0404. The molecule has 128 valence electrons. The van der Waals surface area contributed by atoms with Gasteiger partial charge in [-0.15, -0.1) is 0 Å². The van der Waals surface area contributed by atoms with E-state index in [-0.39, 0.29) is 18.7 Å². The third kappa shape index (κ3) is 2.27. The molecular weight excluding hydrogens is 306 g/mol. The molecule has 8 heteroatoms. The number of methoxy groups -OCH3 is 2. The fourth-order valence-electron chi connectivity index (χ4n) is 3.94. The molecule has 1 saturated heterocycles. The molecule has 8 nitrogen and oxygen atoms in total. The van der Waals surface area contributed by atoms with Crippen LogP contribution in [0.25, 0.3) is 0 Å². The second kappa shape index (κ2) is 5.50. The van der Waals surface area contributed by atoms with Gasteiger partial charge in [-0.05, 0) is 26.2 Å². The van der Waals surface area contributed by atoms with Crippen LogP contribution in [0.1, 0.15) is 26.7 Å². The van der Waals surface area contributed by atoms with E-state index in [0.717, 1.165) is 14.2 Å². The summed E-state index contributed by atoms with van der Waals surface area (Å²) in [7, 11) is 2.31. The molecule has 0 radical (unpaired) electrons. The van der Waals surface area contributed by atoms with Crippen LogP contribution in [0.15, 0.2) is 0 Å². The summed E-state index contributed by atoms with van der Waals surface area (Å²) in [6, 6.07) is -0.591. The smallest absolute Gasteiger partial charge is 0.323 e. The van der Waals surface area contributed by atoms with Crippen LogP contribution in [-0.4, -0.2) is 49.2 Å². The molecular formula is C15H21NO7. The van der Waals surface area contributed by atoms with E-state index >= 15 is 0 Å². The van der Waals surface area contributed by atoms with Crippen LogP contribution in [0.2, 0.25) is 0 Å². The Morgan fingerprint density at radius 1 is 1.22 bits per heavy atom. The molecule has 2 fully saturated rings. The summed E-state index contributed by atoms with van der Waals surface area (Å²) in [5.41, 5.74) is -2.89. The first-order valence-corrected chi connectivity index (χ1v) is 7.32. The van der Waals surface area contributed by atoms with Gasteiger partial charge in [0.25, 0.3) is 0 Å². The maximum atomic E-state index is 12.4. The lowest BCUT2D eigenvalue weighted by molar-refractivity contribution is -0.173. The van der Waals surface area contributed by atoms with Crippen molar-refractivity contribution in [2.75, 3.05) is 14.2 Å². The highest BCUT2D eigenvalue weighted by atomic mass is 16.5. The number of carbonyl (C=O) groups is 4. The molecule has 0 bridgehead atoms. The molecule has 3 atom stereocenters. The van der Waals surface area contributed by atoms with Crippen LogP contribution in [0, 0.1) is 22.7 Å². The lowest BCUT2D eigenvalue weighted by Crippen LogP contribution is -2.45. The largest absolute Gasteiger partial charge is 0.481 e. The van der Waals surface area contributed by atoms with E-state index < -0.39 is 46.6 Å². The number of nitrogens with one attached hydrogen (secondary N) is 1. The van der Waals surface area contributed by atoms with Crippen molar-refractivity contribution < 1.29 is 33.8 Å². The van der Waals surface area contributed by atoms with E-state index in [1.165, 1.54) is 13.8 Å². The Balaban J connectivity index is 2.57. The lowest BCUT2D eigenvalue weighted by Gasteiger charge is -2.31. The molecule has 0 spiro atoms. The van der Waals surface area contributed by atoms with Crippen molar-refractivity contribution in [3.05, 3.63) is 0 Å². The number of hydrogen-bond acceptors (Lipinski definition) is 6. The Bertz CT molecular complexity index is 552. The first-order valence-electron chi connectivity index (χ1n) is 7.32. The summed E-state index contributed by atoms with van der Waals surface area (Å²) >= 11 is 0. The lowest BCUT2D eigenvalue weighted by atomic mass is 9.73. The number of ether oxygens (including phenoxy) is 2. The molecule has 2 N–H and O–H groups in total. The topological polar surface area (TPSA) is 119 Å². The second-order valence-electron chi connectivity index (χ2n) is 6.70. The van der Waals surface area contributed by atoms with E-state index in [0.29, 0.717) is 0 Å². The predicted molar refractivity (Wildman–Crippen MR) is 76.0 cm³/mol. The molecule has 0 unspecified atom stereocenters. The minimum Gasteiger partial charge on any atom is -0.481 e. The summed E-state index contributed by atoms with van der Waals surface area (Å²) in [4.78, 5) is 48.3. The zero-order chi connectivity index (χ0) is 17.6. The predicted octanol–water partition coefficient (Wildman–Crippen LogP) is -0.0458. The highest BCUT2D eigenvalue weighted by molar-refractivity contribution is 6.02. The highest BCUT2D eigenvalue weighted by Crippen LogP contribution is 2.56. The quantitative estimate of drug-likeness (QED) is 0.549. The van der Waals surface area contributed by atoms with Crippen LogP contribution in [0.3, 0.4) is 0 Å². The summed E-state index contributed by atoms with van der Waals surface area (Å²) < 4.78 is 9.60. The first kappa shape index (κ1) is 17.2. The summed E-state index contributed by atoms with van der Waals surface area (Å²) in [6.45, 7) is 3.04. The van der Waals surface area contributed by atoms with E-state index in [2.05, 4.69) is 5.32 Å². The van der Waals surface area contributed by atoms with Crippen molar-refractivity contribution in [3.8, 4) is 0 Å². The normalized spacial score (nSPS) is 28.7. The summed E-state index contributed by atoms with van der Waals surface area (Å²) in [5.74, 6) is -4.25. The van der Waals surface area contributed by atoms with Gasteiger partial charge in [0, 0.05) is 18.4 Å². The molecule has 1 amide bonds. The number of carbonyl (C=O) groups excluding carboxylic acids is 3. The molecule has 1 saturated carbocycles. The van der Waals surface area contributed by atoms with Gasteiger partial charge in [0.1, 0.15) is 0 Å². The van der Waals surface area contributed by atoms with E-state index in [1.54, 1.807) is 0 Å². The van der Waals surface area contributed by atoms with Crippen LogP contribution < -0.4 is 5.32 Å². The summed E-state index contributed by atoms with van der Waals surface area (Å²) in [6.07, 6.45) is -0.0810. The van der Waals surface area contributed by atoms with Gasteiger partial charge in [0.15, 0.2) is 5.41 Å². The Morgan fingerprint density at radius 2 is 1.74 bits per heavy atom. The Hall–Kier alpha value is -2.12. The number of esters is 2. The molecule has 1 aliphatic heterocycles. The van der Waals surface area contributed by atoms with Gasteiger partial charge in [-0.1, -0.05) is 0 Å². The standard InChI is InChI=1S/C15H21NO7/c1-14(2,11(18)19)8-6-15(12(20)22-3,13(21)23-4)7-5-9(17)16-10(7)8/h7-8,10H,5-6H2,1-4H3,(H,16,17)(H,18,19)/t7-,8-,10+/m0/s1. The molecule has 2 rings (SSSR count). The van der Waals surface area contributed by atoms with Gasteiger partial charge in [-0.2, -0.15) is 0 Å². The Kier molecular flexibility index (Phi) is 4.13. The number of carboxylic acids is 1. The Labute approximate surface area is 133 Å². The second-order valence-corrected chi connectivity index (χ2v) is 6.70. The van der Waals surface area contributed by atoms with Crippen molar-refractivity contribution in [3.63, 3.8) is 0 Å². The number of amides is 1. The zero-order valence-corrected chi connectivity index (χ0v) is 13.5. The van der Waals surface area contributed by atoms with Crippen LogP contribution >= 0.6 is 0 Å². The first-order chi connectivity index (χ1) is 10.6. The molecule has 0 aromatic heterocycles. The third-order valence-corrected chi connectivity index (χ3v) is 5.35. The summed E-state index contributed by atoms with van der Waals surface area (Å²) in [5, 5.41) is 12.2. The minimum atomic E-state index is -1.66. The van der Waals surface area contributed by atoms with E-state index in [9.17, 15) is 24.3 Å². The fraction of sp³-hybridized carbons (Fsp3) is 0.733. The van der Waals surface area contributed by atoms with Gasteiger partial charge < -0.3 is 19.9 Å². The zero-order valence-electron chi connectivity index (χ0n) is 13.5. The van der Waals surface area contributed by atoms with Crippen LogP contribution in [0.4, 0.5) is 0 Å². The van der Waals surface area contributed by atoms with Crippen LogP contribution in [-0.2, 0) is 28.7 Å². The van der Waals surface area contributed by atoms with Crippen molar-refractivity contribution in [1.29, 1.82) is 0 Å². The average molecular weight is 327 g/mol. The number of hydrogen-bond donors (Lipinski definition) is 2. The van der Waals surface area contributed by atoms with E-state index in [4.69, 9.17) is 9.47 Å². The number of aliphatic carboxylic acids is 1. The molecule has 1 heterocycles. The van der Waals surface area contributed by atoms with Gasteiger partial charge in [0.05, 0.1) is 19.6 Å². The number of rotatable bonds is 4. The SMILES string of the molecule is COC(=O)C1(C(=O)OC)C[C@H](C(C)(C)C(=O)O)[C@@H]2NC(=O)C[C@@H]21. The van der Waals surface area contributed by atoms with Crippen LogP contribution in [0.5, 0.6) is 0 Å². The van der Waals surface area contributed by atoms with Crippen molar-refractivity contribution in [1.82, 2.24) is 5.32 Å². The average Bonchev–Trinajstić information content (AvgIpc) is 3.01.